The lowest BCUT2D eigenvalue weighted by molar-refractivity contribution is 0.0696. The Hall–Kier alpha value is -4.80. The maximum absolute atomic E-state index is 11.9. The van der Waals surface area contributed by atoms with E-state index in [0.29, 0.717) is 23.2 Å². The summed E-state index contributed by atoms with van der Waals surface area (Å²) in [5.74, 6) is 0.580. The van der Waals surface area contributed by atoms with Crippen molar-refractivity contribution in [1.82, 2.24) is 34.5 Å². The molecule has 0 amide bonds. The number of hydrogen-bond acceptors (Lipinski definition) is 8. The van der Waals surface area contributed by atoms with Crippen LogP contribution in [-0.4, -0.2) is 52.7 Å². The molecular weight excluding hydrogens is 436 g/mol. The maximum atomic E-state index is 11.9. The first-order valence-corrected chi connectivity index (χ1v) is 10.3. The molecule has 0 saturated heterocycles. The van der Waals surface area contributed by atoms with Crippen LogP contribution < -0.4 is 10.1 Å². The van der Waals surface area contributed by atoms with Crippen LogP contribution >= 0.6 is 0 Å². The summed E-state index contributed by atoms with van der Waals surface area (Å²) in [4.78, 5) is 21.0. The first kappa shape index (κ1) is 21.1. The van der Waals surface area contributed by atoms with Crippen LogP contribution in [0.2, 0.25) is 0 Å². The van der Waals surface area contributed by atoms with Gasteiger partial charge < -0.3 is 15.2 Å². The van der Waals surface area contributed by atoms with Crippen molar-refractivity contribution in [3.8, 4) is 17.5 Å². The standard InChI is InChI=1S/C23H20N8O3/c1-13-4-8-19(28-27-13)25-15-5-7-18-17(11-15)24-12-30(18)20-9-6-16(23(32)33)22(26-20)31-14(2)10-21(29-31)34-3/h4-12H,1-3H3,(H,25,28)(H,32,33). The van der Waals surface area contributed by atoms with Crippen molar-refractivity contribution < 1.29 is 14.6 Å². The van der Waals surface area contributed by atoms with Crippen LogP contribution in [0.4, 0.5) is 11.5 Å². The second kappa shape index (κ2) is 8.28. The van der Waals surface area contributed by atoms with Crippen LogP contribution in [0.3, 0.4) is 0 Å². The molecule has 0 saturated carbocycles. The zero-order valence-corrected chi connectivity index (χ0v) is 18.6. The Balaban J connectivity index is 1.55. The smallest absolute Gasteiger partial charge is 0.339 e. The van der Waals surface area contributed by atoms with Crippen LogP contribution in [0.15, 0.2) is 54.9 Å². The average molecular weight is 456 g/mol. The van der Waals surface area contributed by atoms with Crippen molar-refractivity contribution in [2.75, 3.05) is 12.4 Å². The van der Waals surface area contributed by atoms with Gasteiger partial charge in [-0.25, -0.2) is 19.4 Å². The molecule has 11 heteroatoms. The molecule has 0 aliphatic rings. The van der Waals surface area contributed by atoms with E-state index in [0.717, 1.165) is 22.4 Å². The van der Waals surface area contributed by atoms with E-state index < -0.39 is 5.97 Å². The van der Waals surface area contributed by atoms with Gasteiger partial charge in [0.1, 0.15) is 17.7 Å². The number of pyridine rings is 1. The van der Waals surface area contributed by atoms with Crippen molar-refractivity contribution in [3.63, 3.8) is 0 Å². The van der Waals surface area contributed by atoms with Crippen molar-refractivity contribution in [3.05, 3.63) is 71.8 Å². The first-order chi connectivity index (χ1) is 16.4. The van der Waals surface area contributed by atoms with E-state index in [2.05, 4.69) is 30.6 Å². The normalized spacial score (nSPS) is 11.0. The Morgan fingerprint density at radius 3 is 2.62 bits per heavy atom. The van der Waals surface area contributed by atoms with Gasteiger partial charge in [0.2, 0.25) is 5.88 Å². The number of carboxylic acids is 1. The van der Waals surface area contributed by atoms with E-state index in [1.54, 1.807) is 30.0 Å². The number of aromatic carboxylic acids is 1. The summed E-state index contributed by atoms with van der Waals surface area (Å²) in [5.41, 5.74) is 3.89. The van der Waals surface area contributed by atoms with Gasteiger partial charge in [-0.3, -0.25) is 4.57 Å². The highest BCUT2D eigenvalue weighted by molar-refractivity contribution is 5.91. The molecule has 0 spiro atoms. The summed E-state index contributed by atoms with van der Waals surface area (Å²) in [7, 11) is 1.50. The third kappa shape index (κ3) is 3.79. The number of imidazole rings is 1. The third-order valence-electron chi connectivity index (χ3n) is 5.23. The summed E-state index contributed by atoms with van der Waals surface area (Å²) in [5, 5.41) is 25.4. The largest absolute Gasteiger partial charge is 0.480 e. The molecule has 4 heterocycles. The van der Waals surface area contributed by atoms with E-state index in [1.807, 2.05) is 37.3 Å². The first-order valence-electron chi connectivity index (χ1n) is 10.3. The molecule has 170 valence electrons. The van der Waals surface area contributed by atoms with E-state index >= 15 is 0 Å². The predicted octanol–water partition coefficient (Wildman–Crippen LogP) is 3.46. The number of methoxy groups -OCH3 is 1. The number of nitrogens with one attached hydrogen (secondary N) is 1. The van der Waals surface area contributed by atoms with Gasteiger partial charge in [-0.15, -0.1) is 10.2 Å². The predicted molar refractivity (Wildman–Crippen MR) is 124 cm³/mol. The molecule has 4 aromatic heterocycles. The van der Waals surface area contributed by atoms with Gasteiger partial charge in [-0.1, -0.05) is 0 Å². The quantitative estimate of drug-likeness (QED) is 0.394. The van der Waals surface area contributed by atoms with Crippen molar-refractivity contribution in [2.45, 2.75) is 13.8 Å². The minimum Gasteiger partial charge on any atom is -0.480 e. The van der Waals surface area contributed by atoms with Gasteiger partial charge in [0.15, 0.2) is 11.6 Å². The molecule has 0 bridgehead atoms. The van der Waals surface area contributed by atoms with Crippen LogP contribution in [0.5, 0.6) is 5.88 Å². The lowest BCUT2D eigenvalue weighted by Gasteiger charge is -2.11. The van der Waals surface area contributed by atoms with Crippen molar-refractivity contribution in [2.24, 2.45) is 0 Å². The highest BCUT2D eigenvalue weighted by atomic mass is 16.5. The maximum Gasteiger partial charge on any atom is 0.339 e. The molecule has 11 nitrogen and oxygen atoms in total. The summed E-state index contributed by atoms with van der Waals surface area (Å²) in [6.07, 6.45) is 1.64. The lowest BCUT2D eigenvalue weighted by Crippen LogP contribution is -2.12. The highest BCUT2D eigenvalue weighted by Gasteiger charge is 2.19. The van der Waals surface area contributed by atoms with Crippen molar-refractivity contribution in [1.29, 1.82) is 0 Å². The van der Waals surface area contributed by atoms with E-state index in [-0.39, 0.29) is 11.4 Å². The Kier molecular flexibility index (Phi) is 5.13. The molecule has 0 aliphatic carbocycles. The fourth-order valence-electron chi connectivity index (χ4n) is 3.55. The lowest BCUT2D eigenvalue weighted by atomic mass is 10.2. The zero-order chi connectivity index (χ0) is 23.8. The molecule has 5 rings (SSSR count). The number of aromatic nitrogens is 7. The monoisotopic (exact) mass is 456 g/mol. The summed E-state index contributed by atoms with van der Waals surface area (Å²) in [6.45, 7) is 3.68. The van der Waals surface area contributed by atoms with Crippen LogP contribution in [-0.2, 0) is 0 Å². The second-order valence-electron chi connectivity index (χ2n) is 7.59. The van der Waals surface area contributed by atoms with E-state index in [1.165, 1.54) is 17.9 Å². The van der Waals surface area contributed by atoms with Gasteiger partial charge in [0, 0.05) is 17.4 Å². The van der Waals surface area contributed by atoms with Crippen LogP contribution in [0.25, 0.3) is 22.7 Å². The Bertz CT molecular complexity index is 1520. The van der Waals surface area contributed by atoms with E-state index in [9.17, 15) is 9.90 Å². The number of hydrogen-bond donors (Lipinski definition) is 2. The van der Waals surface area contributed by atoms with Gasteiger partial charge in [-0.05, 0) is 56.3 Å². The van der Waals surface area contributed by atoms with Gasteiger partial charge in [-0.2, -0.15) is 5.10 Å². The molecule has 0 fully saturated rings. The zero-order valence-electron chi connectivity index (χ0n) is 18.6. The number of nitrogens with zero attached hydrogens (tertiary/aromatic N) is 7. The van der Waals surface area contributed by atoms with Crippen LogP contribution in [0, 0.1) is 13.8 Å². The number of carboxylic acid groups (broad SMARTS) is 1. The minimum atomic E-state index is -1.10. The number of benzene rings is 1. The Labute approximate surface area is 193 Å². The Morgan fingerprint density at radius 1 is 1.06 bits per heavy atom. The molecule has 5 aromatic rings. The molecule has 2 N–H and O–H groups in total. The topological polar surface area (TPSA) is 133 Å². The summed E-state index contributed by atoms with van der Waals surface area (Å²) < 4.78 is 8.42. The van der Waals surface area contributed by atoms with Crippen LogP contribution in [0.1, 0.15) is 21.7 Å². The van der Waals surface area contributed by atoms with Gasteiger partial charge in [0.05, 0.1) is 23.8 Å². The molecular formula is C23H20N8O3. The second-order valence-corrected chi connectivity index (χ2v) is 7.59. The molecule has 0 aliphatic heterocycles. The van der Waals surface area contributed by atoms with E-state index in [4.69, 9.17) is 4.74 Å². The molecule has 0 atom stereocenters. The number of anilines is 2. The minimum absolute atomic E-state index is 0.0210. The van der Waals surface area contributed by atoms with Gasteiger partial charge in [0.25, 0.3) is 0 Å². The number of fused-ring (bicyclic) bond motifs is 1. The number of carbonyl (C=O) groups is 1. The number of ether oxygens (including phenoxy) is 1. The third-order valence-corrected chi connectivity index (χ3v) is 5.23. The molecule has 0 unspecified atom stereocenters. The summed E-state index contributed by atoms with van der Waals surface area (Å²) >= 11 is 0. The average Bonchev–Trinajstić information content (AvgIpc) is 3.43. The number of rotatable bonds is 6. The fraction of sp³-hybridized carbons (Fsp3) is 0.130. The van der Waals surface area contributed by atoms with Crippen molar-refractivity contribution >= 4 is 28.5 Å². The molecule has 1 aromatic carbocycles. The summed E-state index contributed by atoms with van der Waals surface area (Å²) in [6, 6.07) is 14.3. The Morgan fingerprint density at radius 2 is 1.91 bits per heavy atom. The SMILES string of the molecule is COc1cc(C)n(-c2nc(-n3cnc4cc(Nc5ccc(C)nn5)ccc43)ccc2C(=O)O)n1. The van der Waals surface area contributed by atoms with Gasteiger partial charge >= 0.3 is 5.97 Å². The molecule has 34 heavy (non-hydrogen) atoms. The molecule has 0 radical (unpaired) electrons. The number of aryl methyl sites for hydroxylation is 2. The highest BCUT2D eigenvalue weighted by Crippen LogP contribution is 2.25. The fourth-order valence-corrected chi connectivity index (χ4v) is 3.55.